The van der Waals surface area contributed by atoms with Crippen LogP contribution in [0.15, 0.2) is 48.7 Å². The summed E-state index contributed by atoms with van der Waals surface area (Å²) in [5.41, 5.74) is 2.55. The molecule has 2 heterocycles. The Morgan fingerprint density at radius 3 is 2.33 bits per heavy atom. The fourth-order valence-corrected chi connectivity index (χ4v) is 3.84. The molecule has 0 spiro atoms. The summed E-state index contributed by atoms with van der Waals surface area (Å²) >= 11 is 0. The maximum absolute atomic E-state index is 12.4. The third kappa shape index (κ3) is 6.41. The monoisotopic (exact) mass is 406 g/mol. The zero-order valence-corrected chi connectivity index (χ0v) is 18.1. The first-order valence-electron chi connectivity index (χ1n) is 11.4. The maximum Gasteiger partial charge on any atom is 0.270 e. The van der Waals surface area contributed by atoms with Crippen LogP contribution in [0.4, 0.5) is 0 Å². The maximum atomic E-state index is 12.4. The molecular weight excluding hydrogens is 372 g/mol. The number of carbonyl (C=O) groups excluding carboxylic acids is 1. The molecule has 1 amide bonds. The minimum Gasteiger partial charge on any atom is -0.343 e. The number of hydrogen-bond acceptors (Lipinski definition) is 3. The summed E-state index contributed by atoms with van der Waals surface area (Å²) in [4.78, 5) is 21.2. The molecule has 0 aliphatic rings. The number of unbranched alkanes of at least 4 members (excludes halogenated alkanes) is 8. The lowest BCUT2D eigenvalue weighted by Crippen LogP contribution is -2.25. The van der Waals surface area contributed by atoms with E-state index in [-0.39, 0.29) is 5.91 Å². The highest BCUT2D eigenvalue weighted by molar-refractivity contribution is 5.92. The third-order valence-corrected chi connectivity index (χ3v) is 5.52. The van der Waals surface area contributed by atoms with Gasteiger partial charge >= 0.3 is 0 Å². The quantitative estimate of drug-likeness (QED) is 0.360. The van der Waals surface area contributed by atoms with Crippen LogP contribution in [-0.4, -0.2) is 20.4 Å². The number of amides is 1. The van der Waals surface area contributed by atoms with E-state index in [9.17, 15) is 4.79 Å². The van der Waals surface area contributed by atoms with E-state index in [0.717, 1.165) is 29.8 Å². The van der Waals surface area contributed by atoms with Crippen LogP contribution in [0.5, 0.6) is 0 Å². The molecule has 5 nitrogen and oxygen atoms in total. The van der Waals surface area contributed by atoms with Crippen LogP contribution in [0.25, 0.3) is 11.0 Å². The van der Waals surface area contributed by atoms with Crippen molar-refractivity contribution in [3.63, 3.8) is 0 Å². The van der Waals surface area contributed by atoms with Gasteiger partial charge in [-0.3, -0.25) is 9.78 Å². The Hall–Kier alpha value is -2.69. The van der Waals surface area contributed by atoms with Gasteiger partial charge in [0.25, 0.3) is 5.91 Å². The predicted octanol–water partition coefficient (Wildman–Crippen LogP) is 5.89. The van der Waals surface area contributed by atoms with E-state index in [1.54, 1.807) is 18.3 Å². The summed E-state index contributed by atoms with van der Waals surface area (Å²) in [7, 11) is 0. The number of nitrogens with one attached hydrogen (secondary N) is 1. The van der Waals surface area contributed by atoms with Gasteiger partial charge in [-0.2, -0.15) is 0 Å². The molecular formula is C25H34N4O. The van der Waals surface area contributed by atoms with Gasteiger partial charge in [-0.1, -0.05) is 76.5 Å². The number of nitrogens with zero attached hydrogens (tertiary/aromatic N) is 3. The number of rotatable bonds is 13. The number of para-hydroxylation sites is 2. The Labute approximate surface area is 179 Å². The topological polar surface area (TPSA) is 59.8 Å². The standard InChI is InChI=1S/C25H34N4O/c1-2-3-4-5-6-7-8-9-14-19-29-23-17-11-10-15-21(23)28-24(29)20-27-25(30)22-16-12-13-18-26-22/h10-13,15-18H,2-9,14,19-20H2,1H3,(H,27,30). The largest absolute Gasteiger partial charge is 0.343 e. The molecule has 3 aromatic rings. The van der Waals surface area contributed by atoms with Gasteiger partial charge in [0.1, 0.15) is 11.5 Å². The van der Waals surface area contributed by atoms with Gasteiger partial charge in [0, 0.05) is 12.7 Å². The van der Waals surface area contributed by atoms with Crippen molar-refractivity contribution in [2.75, 3.05) is 0 Å². The van der Waals surface area contributed by atoms with Gasteiger partial charge in [0.15, 0.2) is 0 Å². The van der Waals surface area contributed by atoms with Crippen molar-refractivity contribution >= 4 is 16.9 Å². The van der Waals surface area contributed by atoms with Crippen molar-refractivity contribution in [2.45, 2.75) is 77.8 Å². The van der Waals surface area contributed by atoms with Crippen LogP contribution in [0.2, 0.25) is 0 Å². The van der Waals surface area contributed by atoms with E-state index in [0.29, 0.717) is 12.2 Å². The third-order valence-electron chi connectivity index (χ3n) is 5.52. The molecule has 5 heteroatoms. The number of aromatic nitrogens is 3. The van der Waals surface area contributed by atoms with Crippen molar-refractivity contribution in [1.82, 2.24) is 19.9 Å². The van der Waals surface area contributed by atoms with Crippen molar-refractivity contribution in [1.29, 1.82) is 0 Å². The first-order chi connectivity index (χ1) is 14.8. The molecule has 0 aliphatic heterocycles. The van der Waals surface area contributed by atoms with Crippen LogP contribution < -0.4 is 5.32 Å². The van der Waals surface area contributed by atoms with E-state index < -0.39 is 0 Å². The Balaban J connectivity index is 1.52. The Morgan fingerprint density at radius 2 is 1.60 bits per heavy atom. The molecule has 0 saturated carbocycles. The van der Waals surface area contributed by atoms with Crippen molar-refractivity contribution in [3.8, 4) is 0 Å². The van der Waals surface area contributed by atoms with E-state index >= 15 is 0 Å². The highest BCUT2D eigenvalue weighted by Gasteiger charge is 2.12. The lowest BCUT2D eigenvalue weighted by Gasteiger charge is -2.10. The number of pyridine rings is 1. The lowest BCUT2D eigenvalue weighted by atomic mass is 10.1. The average Bonchev–Trinajstić information content (AvgIpc) is 3.14. The highest BCUT2D eigenvalue weighted by Crippen LogP contribution is 2.18. The van der Waals surface area contributed by atoms with Gasteiger partial charge in [-0.25, -0.2) is 4.98 Å². The Kier molecular flexibility index (Phi) is 8.88. The molecule has 0 saturated heterocycles. The smallest absolute Gasteiger partial charge is 0.270 e. The normalized spacial score (nSPS) is 11.1. The molecule has 0 fully saturated rings. The number of fused-ring (bicyclic) bond motifs is 1. The highest BCUT2D eigenvalue weighted by atomic mass is 16.1. The SMILES string of the molecule is CCCCCCCCCCCn1c(CNC(=O)c2ccccn2)nc2ccccc21. The second-order valence-corrected chi connectivity index (χ2v) is 7.89. The first kappa shape index (κ1) is 22.0. The van der Waals surface area contributed by atoms with Crippen LogP contribution in [0.3, 0.4) is 0 Å². The van der Waals surface area contributed by atoms with E-state index in [1.165, 1.54) is 51.4 Å². The second kappa shape index (κ2) is 12.1. The summed E-state index contributed by atoms with van der Waals surface area (Å²) in [6, 6.07) is 13.6. The number of carbonyl (C=O) groups is 1. The molecule has 3 rings (SSSR count). The van der Waals surface area contributed by atoms with Crippen molar-refractivity contribution in [3.05, 3.63) is 60.2 Å². The second-order valence-electron chi connectivity index (χ2n) is 7.89. The fraction of sp³-hybridized carbons (Fsp3) is 0.480. The summed E-state index contributed by atoms with van der Waals surface area (Å²) in [6.45, 7) is 3.60. The number of imidazole rings is 1. The van der Waals surface area contributed by atoms with Gasteiger partial charge in [-0.15, -0.1) is 0 Å². The average molecular weight is 407 g/mol. The van der Waals surface area contributed by atoms with Gasteiger partial charge in [-0.05, 0) is 30.7 Å². The van der Waals surface area contributed by atoms with Gasteiger partial charge < -0.3 is 9.88 Å². The molecule has 0 unspecified atom stereocenters. The summed E-state index contributed by atoms with van der Waals surface area (Å²) in [5, 5.41) is 2.97. The van der Waals surface area contributed by atoms with Gasteiger partial charge in [0.2, 0.25) is 0 Å². The molecule has 160 valence electrons. The lowest BCUT2D eigenvalue weighted by molar-refractivity contribution is 0.0944. The Bertz CT molecular complexity index is 904. The molecule has 1 aromatic carbocycles. The number of aryl methyl sites for hydroxylation is 1. The zero-order chi connectivity index (χ0) is 21.0. The molecule has 2 aromatic heterocycles. The number of hydrogen-bond donors (Lipinski definition) is 1. The minimum atomic E-state index is -0.169. The molecule has 0 aliphatic carbocycles. The summed E-state index contributed by atoms with van der Waals surface area (Å²) in [6.07, 6.45) is 13.4. The van der Waals surface area contributed by atoms with E-state index in [4.69, 9.17) is 4.98 Å². The minimum absolute atomic E-state index is 0.169. The van der Waals surface area contributed by atoms with Gasteiger partial charge in [0.05, 0.1) is 17.6 Å². The first-order valence-corrected chi connectivity index (χ1v) is 11.4. The van der Waals surface area contributed by atoms with Crippen LogP contribution in [0.1, 0.15) is 81.0 Å². The van der Waals surface area contributed by atoms with Crippen LogP contribution >= 0.6 is 0 Å². The molecule has 1 N–H and O–H groups in total. The molecule has 30 heavy (non-hydrogen) atoms. The van der Waals surface area contributed by atoms with Crippen molar-refractivity contribution < 1.29 is 4.79 Å². The predicted molar refractivity (Wildman–Crippen MR) is 122 cm³/mol. The molecule has 0 bridgehead atoms. The van der Waals surface area contributed by atoms with E-state index in [2.05, 4.69) is 27.9 Å². The Morgan fingerprint density at radius 1 is 0.900 bits per heavy atom. The van der Waals surface area contributed by atoms with Crippen LogP contribution in [0, 0.1) is 0 Å². The summed E-state index contributed by atoms with van der Waals surface area (Å²) in [5.74, 6) is 0.734. The van der Waals surface area contributed by atoms with Crippen LogP contribution in [-0.2, 0) is 13.1 Å². The fourth-order valence-electron chi connectivity index (χ4n) is 3.84. The van der Waals surface area contributed by atoms with E-state index in [1.807, 2.05) is 24.3 Å². The molecule has 0 atom stereocenters. The summed E-state index contributed by atoms with van der Waals surface area (Å²) < 4.78 is 2.26. The molecule has 0 radical (unpaired) electrons. The van der Waals surface area contributed by atoms with Crippen molar-refractivity contribution in [2.24, 2.45) is 0 Å². The number of benzene rings is 1. The zero-order valence-electron chi connectivity index (χ0n) is 18.1.